The topological polar surface area (TPSA) is 71.2 Å². The lowest BCUT2D eigenvalue weighted by atomic mass is 10.1. The van der Waals surface area contributed by atoms with E-state index in [0.29, 0.717) is 17.7 Å². The van der Waals surface area contributed by atoms with Gasteiger partial charge in [0.15, 0.2) is 0 Å². The molecular weight excluding hydrogens is 264 g/mol. The monoisotopic (exact) mass is 288 g/mol. The molecule has 1 amide bonds. The second-order valence-electron chi connectivity index (χ2n) is 4.56. The molecule has 114 valence electrons. The third kappa shape index (κ3) is 5.94. The zero-order chi connectivity index (χ0) is 15.5. The summed E-state index contributed by atoms with van der Waals surface area (Å²) >= 11 is 0. The highest BCUT2D eigenvalue weighted by Crippen LogP contribution is 2.05. The first kappa shape index (κ1) is 17.2. The molecule has 0 aliphatic rings. The van der Waals surface area contributed by atoms with Crippen molar-refractivity contribution in [3.8, 4) is 11.8 Å². The van der Waals surface area contributed by atoms with Gasteiger partial charge in [0.05, 0.1) is 17.7 Å². The van der Waals surface area contributed by atoms with Gasteiger partial charge < -0.3 is 16.0 Å². The molecule has 1 aromatic heterocycles. The predicted molar refractivity (Wildman–Crippen MR) is 84.9 cm³/mol. The number of rotatable bonds is 7. The van der Waals surface area contributed by atoms with Crippen molar-refractivity contribution < 1.29 is 4.79 Å². The lowest BCUT2D eigenvalue weighted by molar-refractivity contribution is 0.0951. The Bertz CT molecular complexity index is 500. The van der Waals surface area contributed by atoms with Crippen LogP contribution in [0, 0.1) is 11.8 Å². The SMILES string of the molecule is CCN(CC)CCCNC(=O)c1ccncc1C#CCN. The molecule has 21 heavy (non-hydrogen) atoms. The molecule has 0 saturated carbocycles. The van der Waals surface area contributed by atoms with Gasteiger partial charge >= 0.3 is 0 Å². The maximum atomic E-state index is 12.2. The van der Waals surface area contributed by atoms with Gasteiger partial charge in [-0.2, -0.15) is 0 Å². The maximum absolute atomic E-state index is 12.2. The number of hydrogen-bond acceptors (Lipinski definition) is 4. The second-order valence-corrected chi connectivity index (χ2v) is 4.56. The second kappa shape index (κ2) is 9.92. The van der Waals surface area contributed by atoms with E-state index in [1.165, 1.54) is 0 Å². The summed E-state index contributed by atoms with van der Waals surface area (Å²) in [5.74, 6) is 5.51. The highest BCUT2D eigenvalue weighted by atomic mass is 16.1. The molecule has 0 saturated heterocycles. The summed E-state index contributed by atoms with van der Waals surface area (Å²) in [6, 6.07) is 1.68. The highest BCUT2D eigenvalue weighted by molar-refractivity contribution is 5.96. The van der Waals surface area contributed by atoms with Crippen LogP contribution in [0.1, 0.15) is 36.2 Å². The summed E-state index contributed by atoms with van der Waals surface area (Å²) in [5.41, 5.74) is 6.52. The summed E-state index contributed by atoms with van der Waals surface area (Å²) in [6.45, 7) is 8.26. The number of nitrogens with one attached hydrogen (secondary N) is 1. The third-order valence-corrected chi connectivity index (χ3v) is 3.22. The Balaban J connectivity index is 2.52. The molecule has 1 heterocycles. The van der Waals surface area contributed by atoms with E-state index in [0.717, 1.165) is 26.1 Å². The van der Waals surface area contributed by atoms with Crippen molar-refractivity contribution in [3.63, 3.8) is 0 Å². The van der Waals surface area contributed by atoms with E-state index in [1.54, 1.807) is 18.5 Å². The molecule has 0 aliphatic heterocycles. The van der Waals surface area contributed by atoms with Crippen molar-refractivity contribution in [1.29, 1.82) is 0 Å². The summed E-state index contributed by atoms with van der Waals surface area (Å²) in [5, 5.41) is 2.93. The number of hydrogen-bond donors (Lipinski definition) is 2. The van der Waals surface area contributed by atoms with Crippen LogP contribution in [0.4, 0.5) is 0 Å². The zero-order valence-electron chi connectivity index (χ0n) is 12.9. The fourth-order valence-corrected chi connectivity index (χ4v) is 1.98. The minimum Gasteiger partial charge on any atom is -0.352 e. The normalized spacial score (nSPS) is 10.1. The Kier molecular flexibility index (Phi) is 8.10. The number of pyridine rings is 1. The molecule has 0 radical (unpaired) electrons. The summed E-state index contributed by atoms with van der Waals surface area (Å²) in [6.07, 6.45) is 4.12. The van der Waals surface area contributed by atoms with Crippen LogP contribution >= 0.6 is 0 Å². The lowest BCUT2D eigenvalue weighted by Crippen LogP contribution is -2.30. The molecule has 0 atom stereocenters. The van der Waals surface area contributed by atoms with Gasteiger partial charge in [0.1, 0.15) is 0 Å². The average molecular weight is 288 g/mol. The van der Waals surface area contributed by atoms with Gasteiger partial charge in [-0.15, -0.1) is 0 Å². The van der Waals surface area contributed by atoms with Gasteiger partial charge in [0.2, 0.25) is 0 Å². The molecule has 0 fully saturated rings. The molecular formula is C16H24N4O. The van der Waals surface area contributed by atoms with Crippen LogP contribution in [-0.2, 0) is 0 Å². The minimum absolute atomic E-state index is 0.113. The van der Waals surface area contributed by atoms with Crippen LogP contribution in [0.5, 0.6) is 0 Å². The fourth-order valence-electron chi connectivity index (χ4n) is 1.98. The molecule has 5 nitrogen and oxygen atoms in total. The Morgan fingerprint density at radius 3 is 2.86 bits per heavy atom. The first-order valence-electron chi connectivity index (χ1n) is 7.36. The van der Waals surface area contributed by atoms with Crippen LogP contribution in [-0.4, -0.2) is 48.5 Å². The predicted octanol–water partition coefficient (Wildman–Crippen LogP) is 0.854. The molecule has 0 unspecified atom stereocenters. The van der Waals surface area contributed by atoms with E-state index in [9.17, 15) is 4.79 Å². The van der Waals surface area contributed by atoms with E-state index in [-0.39, 0.29) is 12.5 Å². The molecule has 5 heteroatoms. The van der Waals surface area contributed by atoms with E-state index in [4.69, 9.17) is 5.73 Å². The van der Waals surface area contributed by atoms with Crippen molar-refractivity contribution in [2.45, 2.75) is 20.3 Å². The molecule has 0 bridgehead atoms. The standard InChI is InChI=1S/C16H24N4O/c1-3-20(4-2)12-6-10-19-16(21)15-8-11-18-13-14(15)7-5-9-17/h8,11,13H,3-4,6,9-10,12,17H2,1-2H3,(H,19,21). The Hall–Kier alpha value is -1.90. The van der Waals surface area contributed by atoms with Gasteiger partial charge in [0, 0.05) is 18.9 Å². The Labute approximate surface area is 126 Å². The Morgan fingerprint density at radius 2 is 2.19 bits per heavy atom. The third-order valence-electron chi connectivity index (χ3n) is 3.22. The zero-order valence-corrected chi connectivity index (χ0v) is 12.9. The van der Waals surface area contributed by atoms with Crippen molar-refractivity contribution >= 4 is 5.91 Å². The quantitative estimate of drug-likeness (QED) is 0.576. The van der Waals surface area contributed by atoms with Gasteiger partial charge in [-0.1, -0.05) is 25.7 Å². The fraction of sp³-hybridized carbons (Fsp3) is 0.500. The van der Waals surface area contributed by atoms with Crippen molar-refractivity contribution in [2.75, 3.05) is 32.7 Å². The number of nitrogens with zero attached hydrogens (tertiary/aromatic N) is 2. The first-order chi connectivity index (χ1) is 10.2. The van der Waals surface area contributed by atoms with Crippen molar-refractivity contribution in [3.05, 3.63) is 29.6 Å². The van der Waals surface area contributed by atoms with Crippen LogP contribution in [0.15, 0.2) is 18.5 Å². The molecule has 1 aromatic rings. The summed E-state index contributed by atoms with van der Waals surface area (Å²) < 4.78 is 0. The number of nitrogens with two attached hydrogens (primary N) is 1. The largest absolute Gasteiger partial charge is 0.352 e. The number of carbonyl (C=O) groups is 1. The lowest BCUT2D eigenvalue weighted by Gasteiger charge is -2.17. The van der Waals surface area contributed by atoms with Crippen LogP contribution in [0.25, 0.3) is 0 Å². The average Bonchev–Trinajstić information content (AvgIpc) is 2.53. The van der Waals surface area contributed by atoms with E-state index < -0.39 is 0 Å². The van der Waals surface area contributed by atoms with Crippen LogP contribution in [0.3, 0.4) is 0 Å². The van der Waals surface area contributed by atoms with Crippen LogP contribution < -0.4 is 11.1 Å². The van der Waals surface area contributed by atoms with Gasteiger partial charge in [-0.3, -0.25) is 9.78 Å². The number of aromatic nitrogens is 1. The molecule has 3 N–H and O–H groups in total. The van der Waals surface area contributed by atoms with Gasteiger partial charge in [-0.25, -0.2) is 0 Å². The number of carbonyl (C=O) groups excluding carboxylic acids is 1. The molecule has 0 aromatic carbocycles. The van der Waals surface area contributed by atoms with Gasteiger partial charge in [0.25, 0.3) is 5.91 Å². The van der Waals surface area contributed by atoms with Crippen molar-refractivity contribution in [2.24, 2.45) is 5.73 Å². The summed E-state index contributed by atoms with van der Waals surface area (Å²) in [4.78, 5) is 18.5. The van der Waals surface area contributed by atoms with E-state index in [2.05, 4.69) is 40.9 Å². The van der Waals surface area contributed by atoms with Crippen molar-refractivity contribution in [1.82, 2.24) is 15.2 Å². The molecule has 0 aliphatic carbocycles. The van der Waals surface area contributed by atoms with E-state index in [1.807, 2.05) is 0 Å². The smallest absolute Gasteiger partial charge is 0.252 e. The first-order valence-corrected chi connectivity index (χ1v) is 7.36. The maximum Gasteiger partial charge on any atom is 0.252 e. The minimum atomic E-state index is -0.113. The Morgan fingerprint density at radius 1 is 1.43 bits per heavy atom. The molecule has 1 rings (SSSR count). The van der Waals surface area contributed by atoms with E-state index >= 15 is 0 Å². The van der Waals surface area contributed by atoms with Gasteiger partial charge in [-0.05, 0) is 32.1 Å². The van der Waals surface area contributed by atoms with Crippen LogP contribution in [0.2, 0.25) is 0 Å². The molecule has 0 spiro atoms. The summed E-state index contributed by atoms with van der Waals surface area (Å²) in [7, 11) is 0. The highest BCUT2D eigenvalue weighted by Gasteiger charge is 2.09. The number of amides is 1.